The highest BCUT2D eigenvalue weighted by Gasteiger charge is 2.13. The van der Waals surface area contributed by atoms with E-state index in [0.29, 0.717) is 6.61 Å². The van der Waals surface area contributed by atoms with Gasteiger partial charge in [0, 0.05) is 0 Å². The number of hydrogen-bond acceptors (Lipinski definition) is 3. The topological polar surface area (TPSA) is 30.5 Å². The smallest absolute Gasteiger partial charge is 0.122 e. The average molecular weight is 285 g/mol. The zero-order valence-electron chi connectivity index (χ0n) is 13.1. The van der Waals surface area contributed by atoms with Gasteiger partial charge >= 0.3 is 0 Å². The number of ether oxygens (including phenoxy) is 2. The molecule has 0 heterocycles. The molecule has 0 aliphatic heterocycles. The number of rotatable bonds is 6. The van der Waals surface area contributed by atoms with E-state index in [0.717, 1.165) is 17.1 Å². The van der Waals surface area contributed by atoms with Crippen LogP contribution in [-0.4, -0.2) is 20.8 Å². The van der Waals surface area contributed by atoms with Crippen molar-refractivity contribution in [3.05, 3.63) is 59.2 Å². The van der Waals surface area contributed by atoms with Gasteiger partial charge in [0.2, 0.25) is 0 Å². The number of benzene rings is 2. The van der Waals surface area contributed by atoms with Crippen molar-refractivity contribution in [3.63, 3.8) is 0 Å². The van der Waals surface area contributed by atoms with Crippen LogP contribution in [-0.2, 0) is 0 Å². The van der Waals surface area contributed by atoms with Crippen molar-refractivity contribution in [2.45, 2.75) is 19.9 Å². The van der Waals surface area contributed by atoms with E-state index in [2.05, 4.69) is 35.6 Å². The summed E-state index contributed by atoms with van der Waals surface area (Å²) < 4.78 is 10.9. The van der Waals surface area contributed by atoms with E-state index in [1.807, 2.05) is 33.0 Å². The highest BCUT2D eigenvalue weighted by atomic mass is 16.5. The lowest BCUT2D eigenvalue weighted by Gasteiger charge is -2.19. The maximum atomic E-state index is 5.49. The fraction of sp³-hybridized carbons (Fsp3) is 0.333. The summed E-state index contributed by atoms with van der Waals surface area (Å²) >= 11 is 0. The Hall–Kier alpha value is -2.00. The summed E-state index contributed by atoms with van der Waals surface area (Å²) in [5, 5.41) is 3.36. The second kappa shape index (κ2) is 7.14. The third kappa shape index (κ3) is 3.56. The van der Waals surface area contributed by atoms with Crippen LogP contribution in [0.1, 0.15) is 29.7 Å². The fourth-order valence-corrected chi connectivity index (χ4v) is 2.47. The molecule has 0 amide bonds. The van der Waals surface area contributed by atoms with E-state index in [4.69, 9.17) is 9.47 Å². The molecule has 1 unspecified atom stereocenters. The first kappa shape index (κ1) is 15.4. The molecule has 1 N–H and O–H groups in total. The standard InChI is InChI=1S/C18H23NO2/c1-5-21-16-10-8-14(9-11-16)18(19-3)15-7-6-13(2)17(12-15)20-4/h6-12,18-19H,5H2,1-4H3. The lowest BCUT2D eigenvalue weighted by Crippen LogP contribution is -2.17. The van der Waals surface area contributed by atoms with Crippen LogP contribution in [0.3, 0.4) is 0 Å². The minimum Gasteiger partial charge on any atom is -0.496 e. The van der Waals surface area contributed by atoms with Crippen LogP contribution >= 0.6 is 0 Å². The van der Waals surface area contributed by atoms with E-state index >= 15 is 0 Å². The Morgan fingerprint density at radius 3 is 2.29 bits per heavy atom. The summed E-state index contributed by atoms with van der Waals surface area (Å²) in [6.07, 6.45) is 0. The highest BCUT2D eigenvalue weighted by Crippen LogP contribution is 2.28. The van der Waals surface area contributed by atoms with E-state index < -0.39 is 0 Å². The quantitative estimate of drug-likeness (QED) is 0.877. The minimum atomic E-state index is 0.134. The van der Waals surface area contributed by atoms with Crippen LogP contribution in [0, 0.1) is 6.92 Å². The monoisotopic (exact) mass is 285 g/mol. The van der Waals surface area contributed by atoms with Gasteiger partial charge < -0.3 is 14.8 Å². The number of hydrogen-bond donors (Lipinski definition) is 1. The molecule has 0 spiro atoms. The van der Waals surface area contributed by atoms with Crippen LogP contribution in [0.5, 0.6) is 11.5 Å². The molecule has 2 aromatic carbocycles. The Kier molecular flexibility index (Phi) is 5.23. The van der Waals surface area contributed by atoms with Gasteiger partial charge in [-0.3, -0.25) is 0 Å². The van der Waals surface area contributed by atoms with Gasteiger partial charge in [0.1, 0.15) is 11.5 Å². The molecule has 0 aromatic heterocycles. The van der Waals surface area contributed by atoms with Gasteiger partial charge in [-0.25, -0.2) is 0 Å². The van der Waals surface area contributed by atoms with E-state index in [1.54, 1.807) is 7.11 Å². The first-order valence-electron chi connectivity index (χ1n) is 7.24. The maximum absolute atomic E-state index is 5.49. The second-order valence-electron chi connectivity index (χ2n) is 4.95. The Bertz CT molecular complexity index is 578. The predicted octanol–water partition coefficient (Wildman–Crippen LogP) is 3.71. The summed E-state index contributed by atoms with van der Waals surface area (Å²) in [7, 11) is 3.67. The number of methoxy groups -OCH3 is 1. The molecule has 0 bridgehead atoms. The lowest BCUT2D eigenvalue weighted by atomic mass is 9.97. The summed E-state index contributed by atoms with van der Waals surface area (Å²) in [5.74, 6) is 1.82. The molecule has 0 aliphatic carbocycles. The van der Waals surface area contributed by atoms with E-state index in [1.165, 1.54) is 11.1 Å². The van der Waals surface area contributed by atoms with Crippen molar-refractivity contribution in [2.75, 3.05) is 20.8 Å². The van der Waals surface area contributed by atoms with Gasteiger partial charge in [-0.2, -0.15) is 0 Å². The van der Waals surface area contributed by atoms with Crippen molar-refractivity contribution in [1.29, 1.82) is 0 Å². The first-order valence-corrected chi connectivity index (χ1v) is 7.24. The van der Waals surface area contributed by atoms with Crippen LogP contribution in [0.25, 0.3) is 0 Å². The van der Waals surface area contributed by atoms with Gasteiger partial charge in [-0.05, 0) is 55.8 Å². The van der Waals surface area contributed by atoms with Crippen molar-refractivity contribution < 1.29 is 9.47 Å². The zero-order valence-corrected chi connectivity index (χ0v) is 13.1. The van der Waals surface area contributed by atoms with E-state index in [9.17, 15) is 0 Å². The molecule has 0 saturated carbocycles. The molecule has 112 valence electrons. The van der Waals surface area contributed by atoms with Crippen molar-refractivity contribution >= 4 is 0 Å². The molecular weight excluding hydrogens is 262 g/mol. The SMILES string of the molecule is CCOc1ccc(C(NC)c2ccc(C)c(OC)c2)cc1. The first-order chi connectivity index (χ1) is 10.2. The Morgan fingerprint density at radius 1 is 1.05 bits per heavy atom. The molecule has 2 aromatic rings. The average Bonchev–Trinajstić information content (AvgIpc) is 2.51. The molecule has 0 aliphatic rings. The fourth-order valence-electron chi connectivity index (χ4n) is 2.47. The molecule has 21 heavy (non-hydrogen) atoms. The maximum Gasteiger partial charge on any atom is 0.122 e. The molecule has 0 radical (unpaired) electrons. The lowest BCUT2D eigenvalue weighted by molar-refractivity contribution is 0.340. The number of aryl methyl sites for hydroxylation is 1. The van der Waals surface area contributed by atoms with Gasteiger partial charge in [-0.15, -0.1) is 0 Å². The zero-order chi connectivity index (χ0) is 15.2. The Balaban J connectivity index is 2.30. The van der Waals surface area contributed by atoms with Gasteiger partial charge in [-0.1, -0.05) is 24.3 Å². The molecule has 1 atom stereocenters. The van der Waals surface area contributed by atoms with Crippen molar-refractivity contribution in [3.8, 4) is 11.5 Å². The van der Waals surface area contributed by atoms with Crippen molar-refractivity contribution in [2.24, 2.45) is 0 Å². The van der Waals surface area contributed by atoms with Crippen LogP contribution in [0.15, 0.2) is 42.5 Å². The molecule has 2 rings (SSSR count). The molecular formula is C18H23NO2. The second-order valence-corrected chi connectivity index (χ2v) is 4.95. The third-order valence-electron chi connectivity index (χ3n) is 3.58. The Labute approximate surface area is 126 Å². The van der Waals surface area contributed by atoms with Crippen LogP contribution in [0.4, 0.5) is 0 Å². The molecule has 3 nitrogen and oxygen atoms in total. The summed E-state index contributed by atoms with van der Waals surface area (Å²) in [4.78, 5) is 0. The van der Waals surface area contributed by atoms with Crippen molar-refractivity contribution in [1.82, 2.24) is 5.32 Å². The normalized spacial score (nSPS) is 12.0. The molecule has 3 heteroatoms. The Morgan fingerprint density at radius 2 is 1.71 bits per heavy atom. The number of nitrogens with one attached hydrogen (secondary N) is 1. The predicted molar refractivity (Wildman–Crippen MR) is 86.2 cm³/mol. The summed E-state index contributed by atoms with van der Waals surface area (Å²) in [6, 6.07) is 14.7. The van der Waals surface area contributed by atoms with Gasteiger partial charge in [0.15, 0.2) is 0 Å². The summed E-state index contributed by atoms with van der Waals surface area (Å²) in [5.41, 5.74) is 3.53. The summed E-state index contributed by atoms with van der Waals surface area (Å²) in [6.45, 7) is 4.72. The minimum absolute atomic E-state index is 0.134. The highest BCUT2D eigenvalue weighted by molar-refractivity contribution is 5.42. The van der Waals surface area contributed by atoms with Gasteiger partial charge in [0.25, 0.3) is 0 Å². The molecule has 0 saturated heterocycles. The van der Waals surface area contributed by atoms with Crippen LogP contribution in [0.2, 0.25) is 0 Å². The molecule has 0 fully saturated rings. The van der Waals surface area contributed by atoms with Gasteiger partial charge in [0.05, 0.1) is 19.8 Å². The third-order valence-corrected chi connectivity index (χ3v) is 3.58. The van der Waals surface area contributed by atoms with Crippen LogP contribution < -0.4 is 14.8 Å². The van der Waals surface area contributed by atoms with E-state index in [-0.39, 0.29) is 6.04 Å². The largest absolute Gasteiger partial charge is 0.496 e.